The monoisotopic (exact) mass is 265 g/mol. The molecule has 0 radical (unpaired) electrons. The smallest absolute Gasteiger partial charge is 0.268 e. The summed E-state index contributed by atoms with van der Waals surface area (Å²) in [4.78, 5) is 12.2. The minimum atomic E-state index is -0.0269. The average molecular weight is 265 g/mol. The maximum atomic E-state index is 12.2. The number of carbonyl (C=O) groups is 1. The number of hydrogen-bond acceptors (Lipinski definition) is 2. The Balaban J connectivity index is 2.67. The molecule has 0 saturated carbocycles. The van der Waals surface area contributed by atoms with Crippen LogP contribution < -0.4 is 11.1 Å². The summed E-state index contributed by atoms with van der Waals surface area (Å²) in [6.07, 6.45) is 4.96. The van der Waals surface area contributed by atoms with Gasteiger partial charge in [0.2, 0.25) is 0 Å². The van der Waals surface area contributed by atoms with Gasteiger partial charge in [0.15, 0.2) is 0 Å². The Morgan fingerprint density at radius 3 is 2.68 bits per heavy atom. The number of anilines is 1. The van der Waals surface area contributed by atoms with Crippen molar-refractivity contribution in [2.45, 2.75) is 59.5 Å². The summed E-state index contributed by atoms with van der Waals surface area (Å²) in [6.45, 7) is 9.34. The molecular formula is C15H27N3O. The lowest BCUT2D eigenvalue weighted by atomic mass is 10.0. The highest BCUT2D eigenvalue weighted by Crippen LogP contribution is 2.13. The lowest BCUT2D eigenvalue weighted by Gasteiger charge is -2.18. The number of aryl methyl sites for hydroxylation is 1. The van der Waals surface area contributed by atoms with Gasteiger partial charge < -0.3 is 15.6 Å². The Labute approximate surface area is 116 Å². The average Bonchev–Trinajstić information content (AvgIpc) is 2.70. The topological polar surface area (TPSA) is 60.0 Å². The third-order valence-corrected chi connectivity index (χ3v) is 3.45. The second-order valence-corrected chi connectivity index (χ2v) is 5.48. The third-order valence-electron chi connectivity index (χ3n) is 3.45. The first-order valence-electron chi connectivity index (χ1n) is 7.24. The molecule has 0 spiro atoms. The van der Waals surface area contributed by atoms with E-state index in [2.05, 4.69) is 33.0 Å². The largest absolute Gasteiger partial charge is 0.397 e. The predicted octanol–water partition coefficient (Wildman–Crippen LogP) is 3.03. The lowest BCUT2D eigenvalue weighted by Crippen LogP contribution is -2.34. The van der Waals surface area contributed by atoms with E-state index >= 15 is 0 Å². The van der Waals surface area contributed by atoms with Crippen molar-refractivity contribution in [2.75, 3.05) is 5.73 Å². The molecule has 1 aromatic heterocycles. The van der Waals surface area contributed by atoms with Crippen LogP contribution in [0, 0.1) is 5.92 Å². The Morgan fingerprint density at radius 2 is 2.11 bits per heavy atom. The van der Waals surface area contributed by atoms with Gasteiger partial charge in [-0.05, 0) is 31.7 Å². The van der Waals surface area contributed by atoms with Crippen molar-refractivity contribution in [2.24, 2.45) is 5.92 Å². The Kier molecular flexibility index (Phi) is 5.93. The van der Waals surface area contributed by atoms with Gasteiger partial charge in [-0.2, -0.15) is 0 Å². The number of aromatic nitrogens is 1. The first-order chi connectivity index (χ1) is 8.97. The molecule has 1 heterocycles. The van der Waals surface area contributed by atoms with Crippen LogP contribution in [0.5, 0.6) is 0 Å². The number of nitrogens with two attached hydrogens (primary N) is 1. The van der Waals surface area contributed by atoms with Crippen LogP contribution in [0.25, 0.3) is 0 Å². The molecule has 1 aromatic rings. The molecule has 1 amide bonds. The van der Waals surface area contributed by atoms with Crippen LogP contribution in [0.1, 0.15) is 57.4 Å². The van der Waals surface area contributed by atoms with E-state index < -0.39 is 0 Å². The van der Waals surface area contributed by atoms with Crippen LogP contribution in [0.3, 0.4) is 0 Å². The fraction of sp³-hybridized carbons (Fsp3) is 0.667. The second kappa shape index (κ2) is 7.22. The highest BCUT2D eigenvalue weighted by molar-refractivity contribution is 5.94. The van der Waals surface area contributed by atoms with Crippen LogP contribution in [-0.4, -0.2) is 16.5 Å². The van der Waals surface area contributed by atoms with Gasteiger partial charge in [0.05, 0.1) is 5.69 Å². The van der Waals surface area contributed by atoms with Gasteiger partial charge >= 0.3 is 0 Å². The first-order valence-corrected chi connectivity index (χ1v) is 7.24. The van der Waals surface area contributed by atoms with Crippen molar-refractivity contribution in [3.63, 3.8) is 0 Å². The van der Waals surface area contributed by atoms with Crippen molar-refractivity contribution in [1.82, 2.24) is 9.88 Å². The zero-order chi connectivity index (χ0) is 14.4. The molecule has 0 aromatic carbocycles. The number of nitrogens with one attached hydrogen (secondary N) is 1. The van der Waals surface area contributed by atoms with Crippen LogP contribution in [0.2, 0.25) is 0 Å². The molecule has 1 rings (SSSR count). The molecule has 3 N–H and O–H groups in total. The fourth-order valence-corrected chi connectivity index (χ4v) is 2.28. The van der Waals surface area contributed by atoms with Crippen LogP contribution in [0.15, 0.2) is 12.3 Å². The van der Waals surface area contributed by atoms with E-state index in [0.717, 1.165) is 25.8 Å². The Hall–Kier alpha value is -1.45. The van der Waals surface area contributed by atoms with Crippen molar-refractivity contribution >= 4 is 11.6 Å². The van der Waals surface area contributed by atoms with E-state index in [1.54, 1.807) is 6.07 Å². The Morgan fingerprint density at radius 1 is 1.42 bits per heavy atom. The number of amides is 1. The molecule has 2 atom stereocenters. The second-order valence-electron chi connectivity index (χ2n) is 5.48. The normalized spacial score (nSPS) is 14.1. The van der Waals surface area contributed by atoms with Gasteiger partial charge in [0.1, 0.15) is 5.69 Å². The number of hydrogen-bond donors (Lipinski definition) is 2. The number of nitrogens with zero attached hydrogens (tertiary/aromatic N) is 1. The highest BCUT2D eigenvalue weighted by atomic mass is 16.2. The van der Waals surface area contributed by atoms with Gasteiger partial charge in [-0.15, -0.1) is 0 Å². The number of rotatable bonds is 7. The summed E-state index contributed by atoms with van der Waals surface area (Å²) >= 11 is 0. The van der Waals surface area contributed by atoms with Gasteiger partial charge in [-0.3, -0.25) is 4.79 Å². The minimum Gasteiger partial charge on any atom is -0.397 e. The van der Waals surface area contributed by atoms with Crippen LogP contribution in [0.4, 0.5) is 5.69 Å². The van der Waals surface area contributed by atoms with E-state index in [9.17, 15) is 4.79 Å². The zero-order valence-electron chi connectivity index (χ0n) is 12.6. The fourth-order valence-electron chi connectivity index (χ4n) is 2.28. The van der Waals surface area contributed by atoms with E-state index in [4.69, 9.17) is 5.73 Å². The molecule has 4 nitrogen and oxygen atoms in total. The molecule has 0 fully saturated rings. The van der Waals surface area contributed by atoms with Gasteiger partial charge in [-0.1, -0.05) is 27.2 Å². The Bertz CT molecular complexity index is 412. The predicted molar refractivity (Wildman–Crippen MR) is 80.1 cm³/mol. The van der Waals surface area contributed by atoms with E-state index in [1.165, 1.54) is 0 Å². The van der Waals surface area contributed by atoms with Crippen molar-refractivity contribution in [3.8, 4) is 0 Å². The summed E-state index contributed by atoms with van der Waals surface area (Å²) in [6, 6.07) is 1.94. The molecule has 4 heteroatoms. The van der Waals surface area contributed by atoms with E-state index in [0.29, 0.717) is 17.3 Å². The number of carbonyl (C=O) groups excluding carboxylic acids is 1. The SMILES string of the molecule is CCCn1cc(N)cc1C(=O)NC(C)CC(C)CC. The summed E-state index contributed by atoms with van der Waals surface area (Å²) in [5.41, 5.74) is 7.09. The molecular weight excluding hydrogens is 238 g/mol. The molecule has 108 valence electrons. The van der Waals surface area contributed by atoms with Gasteiger partial charge in [-0.25, -0.2) is 0 Å². The summed E-state index contributed by atoms with van der Waals surface area (Å²) in [5.74, 6) is 0.601. The molecule has 0 aliphatic rings. The molecule has 0 aliphatic heterocycles. The van der Waals surface area contributed by atoms with Crippen molar-refractivity contribution in [1.29, 1.82) is 0 Å². The molecule has 0 aliphatic carbocycles. The lowest BCUT2D eigenvalue weighted by molar-refractivity contribution is 0.0926. The number of nitrogen functional groups attached to an aromatic ring is 1. The summed E-state index contributed by atoms with van der Waals surface area (Å²) < 4.78 is 1.93. The minimum absolute atomic E-state index is 0.0269. The highest BCUT2D eigenvalue weighted by Gasteiger charge is 2.16. The standard InChI is InChI=1S/C15H27N3O/c1-5-7-18-10-13(16)9-14(18)15(19)17-12(4)8-11(3)6-2/h9-12H,5-8,16H2,1-4H3,(H,17,19). The van der Waals surface area contributed by atoms with Gasteiger partial charge in [0.25, 0.3) is 5.91 Å². The van der Waals surface area contributed by atoms with Crippen molar-refractivity contribution < 1.29 is 4.79 Å². The van der Waals surface area contributed by atoms with E-state index in [-0.39, 0.29) is 11.9 Å². The van der Waals surface area contributed by atoms with E-state index in [1.807, 2.05) is 10.8 Å². The molecule has 19 heavy (non-hydrogen) atoms. The zero-order valence-corrected chi connectivity index (χ0v) is 12.6. The van der Waals surface area contributed by atoms with Crippen LogP contribution >= 0.6 is 0 Å². The first kappa shape index (κ1) is 15.6. The molecule has 0 saturated heterocycles. The van der Waals surface area contributed by atoms with Gasteiger partial charge in [0, 0.05) is 18.8 Å². The summed E-state index contributed by atoms with van der Waals surface area (Å²) in [7, 11) is 0. The third kappa shape index (κ3) is 4.62. The quantitative estimate of drug-likeness (QED) is 0.796. The van der Waals surface area contributed by atoms with Crippen molar-refractivity contribution in [3.05, 3.63) is 18.0 Å². The van der Waals surface area contributed by atoms with Crippen LogP contribution in [-0.2, 0) is 6.54 Å². The summed E-state index contributed by atoms with van der Waals surface area (Å²) in [5, 5.41) is 3.06. The maximum Gasteiger partial charge on any atom is 0.268 e. The molecule has 2 unspecified atom stereocenters. The molecule has 0 bridgehead atoms. The maximum absolute atomic E-state index is 12.2.